The Kier molecular flexibility index (Phi) is 5.53. The molecule has 0 atom stereocenters. The van der Waals surface area contributed by atoms with E-state index in [1.54, 1.807) is 0 Å². The molecule has 162 valence electrons. The predicted molar refractivity (Wildman–Crippen MR) is 93.0 cm³/mol. The van der Waals surface area contributed by atoms with Gasteiger partial charge in [-0.2, -0.15) is 30.7 Å². The summed E-state index contributed by atoms with van der Waals surface area (Å²) in [6.07, 6.45) is -8.20. The Labute approximate surface area is 168 Å². The Morgan fingerprint density at radius 1 is 1.00 bits per heavy atom. The van der Waals surface area contributed by atoms with Crippen molar-refractivity contribution in [1.82, 2.24) is 19.7 Å². The zero-order valence-electron chi connectivity index (χ0n) is 15.0. The van der Waals surface area contributed by atoms with E-state index in [4.69, 9.17) is 5.73 Å². The number of carbonyl (C=O) groups is 1. The normalized spacial score (nSPS) is 12.8. The molecule has 3 aromatic rings. The quantitative estimate of drug-likeness (QED) is 0.374. The second-order valence-corrected chi connectivity index (χ2v) is 6.10. The van der Waals surface area contributed by atoms with Crippen LogP contribution in [-0.2, 0) is 17.1 Å². The SMILES string of the molecule is NC(=O)/C(=C\n1cnc(-c2cc(C(F)(F)F)cc(C(F)(F)F)c2)n1)c1cccc(F)n1. The molecule has 0 aliphatic rings. The maximum atomic E-state index is 13.3. The van der Waals surface area contributed by atoms with Crippen LogP contribution in [0.25, 0.3) is 23.2 Å². The molecule has 0 aliphatic carbocycles. The molecule has 0 spiro atoms. The van der Waals surface area contributed by atoms with Crippen molar-refractivity contribution >= 4 is 17.7 Å². The van der Waals surface area contributed by atoms with Crippen molar-refractivity contribution in [3.63, 3.8) is 0 Å². The zero-order chi connectivity index (χ0) is 23.0. The van der Waals surface area contributed by atoms with E-state index in [9.17, 15) is 35.5 Å². The summed E-state index contributed by atoms with van der Waals surface area (Å²) in [6.45, 7) is 0. The van der Waals surface area contributed by atoms with Gasteiger partial charge in [0.1, 0.15) is 6.33 Å². The number of nitrogens with two attached hydrogens (primary N) is 1. The molecule has 31 heavy (non-hydrogen) atoms. The van der Waals surface area contributed by atoms with Gasteiger partial charge in [-0.25, -0.2) is 14.6 Å². The van der Waals surface area contributed by atoms with Gasteiger partial charge in [0.15, 0.2) is 5.82 Å². The van der Waals surface area contributed by atoms with Crippen molar-refractivity contribution in [3.05, 3.63) is 65.5 Å². The van der Waals surface area contributed by atoms with Crippen LogP contribution in [-0.4, -0.2) is 25.7 Å². The standard InChI is InChI=1S/C18H10F7N5O/c19-14-3-1-2-13(28-14)12(15(26)31)7-30-8-27-16(29-30)9-4-10(17(20,21)22)6-11(5-9)18(23,24)25/h1-8H,(H2,26,31)/b12-7-. The minimum Gasteiger partial charge on any atom is -0.365 e. The highest BCUT2D eigenvalue weighted by Gasteiger charge is 2.37. The molecule has 0 saturated carbocycles. The van der Waals surface area contributed by atoms with Crippen LogP contribution < -0.4 is 5.73 Å². The number of amides is 1. The van der Waals surface area contributed by atoms with Gasteiger partial charge in [0, 0.05) is 11.8 Å². The Bertz CT molecular complexity index is 1130. The number of hydrogen-bond acceptors (Lipinski definition) is 4. The molecule has 0 radical (unpaired) electrons. The molecule has 1 amide bonds. The molecule has 2 N–H and O–H groups in total. The number of hydrogen-bond donors (Lipinski definition) is 1. The van der Waals surface area contributed by atoms with Gasteiger partial charge in [0.2, 0.25) is 5.95 Å². The van der Waals surface area contributed by atoms with Crippen molar-refractivity contribution in [1.29, 1.82) is 0 Å². The molecule has 0 aliphatic heterocycles. The van der Waals surface area contributed by atoms with E-state index in [-0.39, 0.29) is 17.3 Å². The molecule has 2 heterocycles. The number of rotatable bonds is 4. The lowest BCUT2D eigenvalue weighted by molar-refractivity contribution is -0.143. The van der Waals surface area contributed by atoms with Gasteiger partial charge < -0.3 is 5.73 Å². The van der Waals surface area contributed by atoms with E-state index < -0.39 is 46.7 Å². The average Bonchev–Trinajstić information content (AvgIpc) is 3.13. The smallest absolute Gasteiger partial charge is 0.365 e. The van der Waals surface area contributed by atoms with E-state index in [2.05, 4.69) is 15.1 Å². The van der Waals surface area contributed by atoms with Gasteiger partial charge in [-0.3, -0.25) is 4.79 Å². The first-order chi connectivity index (χ1) is 14.3. The molecule has 2 aromatic heterocycles. The minimum absolute atomic E-state index is 0.0266. The second kappa shape index (κ2) is 7.81. The Balaban J connectivity index is 2.07. The topological polar surface area (TPSA) is 86.7 Å². The van der Waals surface area contributed by atoms with Crippen LogP contribution in [0.1, 0.15) is 16.8 Å². The molecule has 13 heteroatoms. The zero-order valence-corrected chi connectivity index (χ0v) is 15.0. The van der Waals surface area contributed by atoms with Crippen molar-refractivity contribution in [2.75, 3.05) is 0 Å². The van der Waals surface area contributed by atoms with Crippen LogP contribution in [0.15, 0.2) is 42.7 Å². The van der Waals surface area contributed by atoms with Gasteiger partial charge in [0.25, 0.3) is 5.91 Å². The number of pyridine rings is 1. The highest BCUT2D eigenvalue weighted by molar-refractivity contribution is 6.21. The van der Waals surface area contributed by atoms with Crippen LogP contribution in [0.5, 0.6) is 0 Å². The maximum Gasteiger partial charge on any atom is 0.416 e. The number of alkyl halides is 6. The maximum absolute atomic E-state index is 13.3. The van der Waals surface area contributed by atoms with E-state index >= 15 is 0 Å². The first kappa shape index (κ1) is 21.9. The highest BCUT2D eigenvalue weighted by Crippen LogP contribution is 2.38. The lowest BCUT2D eigenvalue weighted by atomic mass is 10.0. The third-order valence-electron chi connectivity index (χ3n) is 3.87. The van der Waals surface area contributed by atoms with E-state index in [1.165, 1.54) is 12.1 Å². The number of primary amides is 1. The highest BCUT2D eigenvalue weighted by atomic mass is 19.4. The van der Waals surface area contributed by atoms with Crippen molar-refractivity contribution in [3.8, 4) is 11.4 Å². The number of halogens is 7. The third-order valence-corrected chi connectivity index (χ3v) is 3.87. The van der Waals surface area contributed by atoms with Gasteiger partial charge in [-0.05, 0) is 30.3 Å². The molecule has 3 rings (SSSR count). The fourth-order valence-electron chi connectivity index (χ4n) is 2.50. The fourth-order valence-corrected chi connectivity index (χ4v) is 2.50. The molecule has 6 nitrogen and oxygen atoms in total. The Hall–Kier alpha value is -3.77. The Morgan fingerprint density at radius 3 is 2.13 bits per heavy atom. The van der Waals surface area contributed by atoms with E-state index in [1.807, 2.05) is 0 Å². The third kappa shape index (κ3) is 5.05. The summed E-state index contributed by atoms with van der Waals surface area (Å²) in [4.78, 5) is 18.9. The van der Waals surface area contributed by atoms with Crippen molar-refractivity contribution in [2.45, 2.75) is 12.4 Å². The van der Waals surface area contributed by atoms with Crippen molar-refractivity contribution < 1.29 is 35.5 Å². The fraction of sp³-hybridized carbons (Fsp3) is 0.111. The van der Waals surface area contributed by atoms with Crippen LogP contribution in [0, 0.1) is 5.95 Å². The minimum atomic E-state index is -5.04. The van der Waals surface area contributed by atoms with Crippen LogP contribution in [0.4, 0.5) is 30.7 Å². The van der Waals surface area contributed by atoms with Gasteiger partial charge in [-0.15, -0.1) is 5.10 Å². The van der Waals surface area contributed by atoms with Crippen molar-refractivity contribution in [2.24, 2.45) is 5.73 Å². The van der Waals surface area contributed by atoms with Gasteiger partial charge >= 0.3 is 12.4 Å². The lowest BCUT2D eigenvalue weighted by Crippen LogP contribution is -2.15. The number of carbonyl (C=O) groups excluding carboxylic acids is 1. The molecule has 0 saturated heterocycles. The largest absolute Gasteiger partial charge is 0.416 e. The Morgan fingerprint density at radius 2 is 1.61 bits per heavy atom. The summed E-state index contributed by atoms with van der Waals surface area (Å²) in [5, 5.41) is 3.76. The first-order valence-electron chi connectivity index (χ1n) is 8.20. The van der Waals surface area contributed by atoms with Gasteiger partial charge in [-0.1, -0.05) is 6.07 Å². The summed E-state index contributed by atoms with van der Waals surface area (Å²) < 4.78 is 92.3. The lowest BCUT2D eigenvalue weighted by Gasteiger charge is -2.13. The van der Waals surface area contributed by atoms with Gasteiger partial charge in [0.05, 0.1) is 22.4 Å². The van der Waals surface area contributed by atoms with E-state index in [0.29, 0.717) is 12.1 Å². The summed E-state index contributed by atoms with van der Waals surface area (Å²) >= 11 is 0. The summed E-state index contributed by atoms with van der Waals surface area (Å²) in [5.74, 6) is -2.43. The summed E-state index contributed by atoms with van der Waals surface area (Å²) in [5.41, 5.74) is 1.12. The molecule has 0 fully saturated rings. The monoisotopic (exact) mass is 445 g/mol. The van der Waals surface area contributed by atoms with Crippen LogP contribution in [0.3, 0.4) is 0 Å². The number of aromatic nitrogens is 4. The van der Waals surface area contributed by atoms with Crippen LogP contribution >= 0.6 is 0 Å². The molecule has 0 bridgehead atoms. The predicted octanol–water partition coefficient (Wildman–Crippen LogP) is 4.00. The number of benzene rings is 1. The molecule has 0 unspecified atom stereocenters. The number of nitrogens with zero attached hydrogens (tertiary/aromatic N) is 4. The second-order valence-electron chi connectivity index (χ2n) is 6.10. The average molecular weight is 445 g/mol. The van der Waals surface area contributed by atoms with E-state index in [0.717, 1.165) is 23.3 Å². The molecule has 1 aromatic carbocycles. The molecular formula is C18H10F7N5O. The summed E-state index contributed by atoms with van der Waals surface area (Å²) in [6, 6.07) is 4.43. The van der Waals surface area contributed by atoms with Crippen LogP contribution in [0.2, 0.25) is 0 Å². The summed E-state index contributed by atoms with van der Waals surface area (Å²) in [7, 11) is 0. The molecular weight excluding hydrogens is 435 g/mol. The first-order valence-corrected chi connectivity index (χ1v) is 8.20.